The van der Waals surface area contributed by atoms with Crippen molar-refractivity contribution in [2.24, 2.45) is 15.4 Å². The van der Waals surface area contributed by atoms with E-state index in [-0.39, 0.29) is 5.38 Å². The third-order valence-electron chi connectivity index (χ3n) is 1.51. The van der Waals surface area contributed by atoms with Crippen LogP contribution >= 0.6 is 39.1 Å². The van der Waals surface area contributed by atoms with E-state index in [4.69, 9.17) is 23.2 Å². The molecule has 0 aromatic heterocycles. The smallest absolute Gasteiger partial charge is 0.128 e. The van der Waals surface area contributed by atoms with Gasteiger partial charge in [-0.3, -0.25) is 0 Å². The minimum atomic E-state index is -0.330. The van der Waals surface area contributed by atoms with E-state index < -0.39 is 0 Å². The largest absolute Gasteiger partial charge is 0.131 e. The highest BCUT2D eigenvalue weighted by Gasteiger charge is 2.28. The van der Waals surface area contributed by atoms with Gasteiger partial charge in [0.1, 0.15) is 11.4 Å². The van der Waals surface area contributed by atoms with E-state index in [1.54, 1.807) is 6.08 Å². The number of fused-ring (bicyclic) bond motifs is 1. The summed E-state index contributed by atoms with van der Waals surface area (Å²) in [4.78, 5) is 0. The van der Waals surface area contributed by atoms with Crippen molar-refractivity contribution >= 4 is 44.8 Å². The molecule has 6 heteroatoms. The summed E-state index contributed by atoms with van der Waals surface area (Å²) in [5, 5.41) is 11.3. The lowest BCUT2D eigenvalue weighted by atomic mass is 10.1. The molecular weight excluding hydrogens is 265 g/mol. The van der Waals surface area contributed by atoms with Crippen LogP contribution in [0.4, 0.5) is 0 Å². The molecule has 1 atom stereocenters. The van der Waals surface area contributed by atoms with Crippen molar-refractivity contribution in [1.82, 2.24) is 0 Å². The molecule has 0 spiro atoms. The summed E-state index contributed by atoms with van der Waals surface area (Å²) in [7, 11) is 0. The molecule has 0 N–H and O–H groups in total. The Morgan fingerprint density at radius 1 is 1.50 bits per heavy atom. The summed E-state index contributed by atoms with van der Waals surface area (Å²) >= 11 is 15.0. The maximum atomic E-state index is 5.91. The summed E-state index contributed by atoms with van der Waals surface area (Å²) in [6, 6.07) is 0. The SMILES string of the molecule is ClC1=CC(Cl)C2=NN=NC2=C1Br. The van der Waals surface area contributed by atoms with Gasteiger partial charge in [-0.1, -0.05) is 11.6 Å². The molecule has 12 heavy (non-hydrogen) atoms. The molecule has 1 aliphatic carbocycles. The van der Waals surface area contributed by atoms with Crippen LogP contribution in [0.3, 0.4) is 0 Å². The molecule has 2 rings (SSSR count). The Hall–Kier alpha value is -0.190. The van der Waals surface area contributed by atoms with Crippen molar-refractivity contribution in [2.75, 3.05) is 0 Å². The quantitative estimate of drug-likeness (QED) is 0.604. The van der Waals surface area contributed by atoms with Crippen LogP contribution in [-0.2, 0) is 0 Å². The summed E-state index contributed by atoms with van der Waals surface area (Å²) in [6.07, 6.45) is 1.69. The van der Waals surface area contributed by atoms with Gasteiger partial charge in [-0.15, -0.1) is 21.8 Å². The first-order valence-electron chi connectivity index (χ1n) is 3.10. The molecule has 0 radical (unpaired) electrons. The van der Waals surface area contributed by atoms with Gasteiger partial charge >= 0.3 is 0 Å². The molecule has 0 aromatic carbocycles. The number of hydrogen-bond acceptors (Lipinski definition) is 3. The second-order valence-electron chi connectivity index (χ2n) is 2.25. The Balaban J connectivity index is 2.56. The fourth-order valence-corrected chi connectivity index (χ4v) is 1.92. The molecule has 2 aliphatic rings. The summed E-state index contributed by atoms with van der Waals surface area (Å²) in [5.41, 5.74) is 1.27. The third-order valence-corrected chi connectivity index (χ3v) is 3.19. The maximum Gasteiger partial charge on any atom is 0.128 e. The van der Waals surface area contributed by atoms with Crippen LogP contribution in [0.25, 0.3) is 0 Å². The van der Waals surface area contributed by atoms with E-state index in [1.165, 1.54) is 0 Å². The summed E-state index contributed by atoms with van der Waals surface area (Å²) in [5.74, 6) is 0. The van der Waals surface area contributed by atoms with Crippen LogP contribution in [0.15, 0.2) is 36.7 Å². The highest BCUT2D eigenvalue weighted by molar-refractivity contribution is 9.12. The normalized spacial score (nSPS) is 27.1. The Morgan fingerprint density at radius 2 is 2.25 bits per heavy atom. The lowest BCUT2D eigenvalue weighted by Crippen LogP contribution is -2.16. The van der Waals surface area contributed by atoms with E-state index >= 15 is 0 Å². The topological polar surface area (TPSA) is 37.1 Å². The van der Waals surface area contributed by atoms with Crippen LogP contribution in [0, 0.1) is 0 Å². The lowest BCUT2D eigenvalue weighted by Gasteiger charge is -2.12. The number of halogens is 3. The van der Waals surface area contributed by atoms with Crippen molar-refractivity contribution in [1.29, 1.82) is 0 Å². The zero-order chi connectivity index (χ0) is 8.72. The van der Waals surface area contributed by atoms with Gasteiger partial charge < -0.3 is 0 Å². The van der Waals surface area contributed by atoms with Crippen molar-refractivity contribution in [3.63, 3.8) is 0 Å². The summed E-state index contributed by atoms with van der Waals surface area (Å²) in [6.45, 7) is 0. The molecule has 0 bridgehead atoms. The first-order valence-corrected chi connectivity index (χ1v) is 4.71. The zero-order valence-corrected chi connectivity index (χ0v) is 8.73. The van der Waals surface area contributed by atoms with E-state index in [0.29, 0.717) is 20.9 Å². The van der Waals surface area contributed by atoms with Gasteiger partial charge in [-0.25, -0.2) is 0 Å². The second-order valence-corrected chi connectivity index (χ2v) is 3.92. The molecule has 0 saturated carbocycles. The predicted molar refractivity (Wildman–Crippen MR) is 51.8 cm³/mol. The molecule has 3 nitrogen and oxygen atoms in total. The molecule has 1 heterocycles. The Bertz CT molecular complexity index is 356. The fourth-order valence-electron chi connectivity index (χ4n) is 0.950. The number of rotatable bonds is 0. The zero-order valence-electron chi connectivity index (χ0n) is 5.63. The number of alkyl halides is 1. The minimum absolute atomic E-state index is 0.330. The Labute approximate surface area is 87.0 Å². The first kappa shape index (κ1) is 8.41. The molecule has 1 aliphatic heterocycles. The molecule has 0 amide bonds. The first-order chi connectivity index (χ1) is 5.70. The van der Waals surface area contributed by atoms with E-state index in [2.05, 4.69) is 31.4 Å². The Kier molecular flexibility index (Phi) is 2.06. The van der Waals surface area contributed by atoms with Crippen molar-refractivity contribution < 1.29 is 0 Å². The van der Waals surface area contributed by atoms with Crippen LogP contribution in [0.5, 0.6) is 0 Å². The van der Waals surface area contributed by atoms with Crippen molar-refractivity contribution in [3.8, 4) is 0 Å². The molecule has 62 valence electrons. The van der Waals surface area contributed by atoms with Crippen LogP contribution in [0.1, 0.15) is 0 Å². The van der Waals surface area contributed by atoms with Gasteiger partial charge in [0, 0.05) is 0 Å². The molecule has 0 fully saturated rings. The van der Waals surface area contributed by atoms with E-state index in [1.807, 2.05) is 0 Å². The predicted octanol–water partition coefficient (Wildman–Crippen LogP) is 3.16. The molecule has 1 unspecified atom stereocenters. The third kappa shape index (κ3) is 1.14. The van der Waals surface area contributed by atoms with Gasteiger partial charge in [0.25, 0.3) is 0 Å². The highest BCUT2D eigenvalue weighted by atomic mass is 79.9. The summed E-state index contributed by atoms with van der Waals surface area (Å²) < 4.78 is 0.695. The molecular formula is C6H2BrCl2N3. The average molecular weight is 267 g/mol. The van der Waals surface area contributed by atoms with Crippen molar-refractivity contribution in [2.45, 2.75) is 5.38 Å². The van der Waals surface area contributed by atoms with Gasteiger partial charge in [0.15, 0.2) is 0 Å². The van der Waals surface area contributed by atoms with Crippen LogP contribution in [-0.4, -0.2) is 11.1 Å². The number of nitrogens with zero attached hydrogens (tertiary/aromatic N) is 3. The van der Waals surface area contributed by atoms with Crippen LogP contribution < -0.4 is 0 Å². The molecule has 0 aromatic rings. The van der Waals surface area contributed by atoms with Gasteiger partial charge in [-0.2, -0.15) is 0 Å². The maximum absolute atomic E-state index is 5.91. The Morgan fingerprint density at radius 3 is 3.00 bits per heavy atom. The monoisotopic (exact) mass is 265 g/mol. The fraction of sp³-hybridized carbons (Fsp3) is 0.167. The molecule has 0 saturated heterocycles. The van der Waals surface area contributed by atoms with Gasteiger partial charge in [0.2, 0.25) is 0 Å². The number of allylic oxidation sites excluding steroid dienone is 4. The van der Waals surface area contributed by atoms with Crippen LogP contribution in [0.2, 0.25) is 0 Å². The van der Waals surface area contributed by atoms with E-state index in [0.717, 1.165) is 0 Å². The van der Waals surface area contributed by atoms with Crippen molar-refractivity contribution in [3.05, 3.63) is 21.3 Å². The highest BCUT2D eigenvalue weighted by Crippen LogP contribution is 2.35. The van der Waals surface area contributed by atoms with Gasteiger partial charge in [0.05, 0.1) is 14.9 Å². The van der Waals surface area contributed by atoms with Gasteiger partial charge in [-0.05, 0) is 27.2 Å². The number of hydrogen-bond donors (Lipinski definition) is 0. The van der Waals surface area contributed by atoms with E-state index in [9.17, 15) is 0 Å². The standard InChI is InChI=1S/C6H2BrCl2N3/c7-4-2(8)1-3(9)5-6(4)11-12-10-5/h1,3H. The lowest BCUT2D eigenvalue weighted by molar-refractivity contribution is 1.09. The second kappa shape index (κ2) is 2.94. The minimum Gasteiger partial charge on any atom is -0.131 e. The average Bonchev–Trinajstić information content (AvgIpc) is 2.48.